The number of hydrogen-bond donors (Lipinski definition) is 0. The fraction of sp³-hybridized carbons (Fsp3) is 0.615. The molecule has 2 heterocycles. The molecule has 1 aromatic rings. The molecule has 0 saturated carbocycles. The highest BCUT2D eigenvalue weighted by atomic mass is 32.1. The molecule has 0 amide bonds. The molecule has 1 aliphatic heterocycles. The Bertz CT molecular complexity index is 728. The van der Waals surface area contributed by atoms with Crippen molar-refractivity contribution in [2.75, 3.05) is 45.9 Å². The average Bonchev–Trinajstić information content (AvgIpc) is 3.35. The van der Waals surface area contributed by atoms with Crippen LogP contribution in [0.2, 0.25) is 0 Å². The number of piperazine rings is 1. The van der Waals surface area contributed by atoms with Crippen LogP contribution >= 0.6 is 11.3 Å². The van der Waals surface area contributed by atoms with Crippen LogP contribution in [-0.4, -0.2) is 61.9 Å². The number of thiophene rings is 1. The summed E-state index contributed by atoms with van der Waals surface area (Å²) < 4.78 is 5.73. The van der Waals surface area contributed by atoms with Gasteiger partial charge in [0.25, 0.3) is 0 Å². The number of allylic oxidation sites excluding steroid dienone is 2. The van der Waals surface area contributed by atoms with E-state index in [1.54, 1.807) is 29.7 Å². The Morgan fingerprint density at radius 2 is 1.94 bits per heavy atom. The summed E-state index contributed by atoms with van der Waals surface area (Å²) in [6, 6.07) is 6.84. The zero-order chi connectivity index (χ0) is 23.8. The van der Waals surface area contributed by atoms with Crippen molar-refractivity contribution in [3.05, 3.63) is 47.0 Å². The third-order valence-corrected chi connectivity index (χ3v) is 6.88. The quantitative estimate of drug-likeness (QED) is 0.228. The Balaban J connectivity index is 0.00000249. The molecule has 178 valence electrons. The van der Waals surface area contributed by atoms with Gasteiger partial charge in [0.15, 0.2) is 0 Å². The highest BCUT2D eigenvalue weighted by Gasteiger charge is 2.36. The van der Waals surface area contributed by atoms with E-state index < -0.39 is 0 Å². The van der Waals surface area contributed by atoms with Crippen molar-refractivity contribution in [1.82, 2.24) is 9.80 Å². The van der Waals surface area contributed by atoms with E-state index in [4.69, 9.17) is 4.74 Å². The molecule has 1 unspecified atom stereocenters. The molecule has 5 nitrogen and oxygen atoms in total. The smallest absolute Gasteiger partial charge is 0.212 e. The molecule has 1 atom stereocenters. The number of nitriles is 1. The number of nitrogens with zero attached hydrogens (tertiary/aromatic N) is 4. The normalized spacial score (nSPS) is 17.5. The zero-order valence-electron chi connectivity index (χ0n) is 20.7. The number of rotatable bonds is 12. The van der Waals surface area contributed by atoms with E-state index in [0.29, 0.717) is 18.4 Å². The van der Waals surface area contributed by atoms with Gasteiger partial charge in [0.1, 0.15) is 6.61 Å². The summed E-state index contributed by atoms with van der Waals surface area (Å²) in [5.41, 5.74) is -0.356. The van der Waals surface area contributed by atoms with Gasteiger partial charge in [0.2, 0.25) is 5.88 Å². The number of aliphatic imine (C=N–C) groups is 1. The lowest BCUT2D eigenvalue weighted by atomic mass is 9.73. The average molecular weight is 459 g/mol. The molecule has 6 heteroatoms. The molecule has 0 aromatic carbocycles. The monoisotopic (exact) mass is 458 g/mol. The highest BCUT2D eigenvalue weighted by molar-refractivity contribution is 7.10. The zero-order valence-corrected chi connectivity index (χ0v) is 21.5. The molecule has 1 fully saturated rings. The molecule has 0 aliphatic carbocycles. The van der Waals surface area contributed by atoms with Gasteiger partial charge in [0, 0.05) is 43.8 Å². The summed E-state index contributed by atoms with van der Waals surface area (Å²) in [5.74, 6) is 0.929. The second-order valence-electron chi connectivity index (χ2n) is 7.98. The minimum Gasteiger partial charge on any atom is -0.476 e. The van der Waals surface area contributed by atoms with Crippen LogP contribution in [0.15, 0.2) is 47.1 Å². The van der Waals surface area contributed by atoms with E-state index in [2.05, 4.69) is 58.8 Å². The summed E-state index contributed by atoms with van der Waals surface area (Å²) >= 11 is 1.71. The van der Waals surface area contributed by atoms with E-state index in [9.17, 15) is 5.26 Å². The third-order valence-electron chi connectivity index (χ3n) is 5.83. The minimum atomic E-state index is -0.356. The Kier molecular flexibility index (Phi) is 13.9. The van der Waals surface area contributed by atoms with Crippen molar-refractivity contribution >= 4 is 17.6 Å². The summed E-state index contributed by atoms with van der Waals surface area (Å²) in [6.07, 6.45) is 7.18. The first-order valence-corrected chi connectivity index (χ1v) is 12.8. The van der Waals surface area contributed by atoms with Crippen molar-refractivity contribution in [2.45, 2.75) is 52.9 Å². The van der Waals surface area contributed by atoms with Crippen LogP contribution in [0.3, 0.4) is 0 Å². The number of ether oxygens (including phenoxy) is 1. The van der Waals surface area contributed by atoms with E-state index in [1.807, 2.05) is 20.8 Å². The molecular formula is C26H42N4OS. The largest absolute Gasteiger partial charge is 0.476 e. The van der Waals surface area contributed by atoms with Crippen molar-refractivity contribution in [1.29, 1.82) is 5.26 Å². The SMILES string of the molecule is C=C/C=C(\N=C\C)OCCN1CCN(CCCC(C#N)(c2cccs2)C(C)C)CC1.CC. The van der Waals surface area contributed by atoms with Crippen molar-refractivity contribution < 1.29 is 4.74 Å². The van der Waals surface area contributed by atoms with Gasteiger partial charge < -0.3 is 9.64 Å². The minimum absolute atomic E-state index is 0.315. The van der Waals surface area contributed by atoms with Gasteiger partial charge in [-0.25, -0.2) is 4.99 Å². The van der Waals surface area contributed by atoms with Crippen molar-refractivity contribution in [3.63, 3.8) is 0 Å². The first-order valence-electron chi connectivity index (χ1n) is 11.9. The van der Waals surface area contributed by atoms with Gasteiger partial charge in [-0.1, -0.05) is 46.4 Å². The van der Waals surface area contributed by atoms with Gasteiger partial charge in [-0.15, -0.1) is 11.3 Å². The first kappa shape index (κ1) is 28.1. The van der Waals surface area contributed by atoms with Crippen LogP contribution in [-0.2, 0) is 10.2 Å². The van der Waals surface area contributed by atoms with Crippen LogP contribution in [0.25, 0.3) is 0 Å². The van der Waals surface area contributed by atoms with E-state index >= 15 is 0 Å². The number of hydrogen-bond acceptors (Lipinski definition) is 6. The molecule has 2 rings (SSSR count). The van der Waals surface area contributed by atoms with E-state index in [-0.39, 0.29) is 5.41 Å². The lowest BCUT2D eigenvalue weighted by molar-refractivity contribution is 0.0986. The lowest BCUT2D eigenvalue weighted by Crippen LogP contribution is -2.47. The highest BCUT2D eigenvalue weighted by Crippen LogP contribution is 2.39. The maximum Gasteiger partial charge on any atom is 0.212 e. The van der Waals surface area contributed by atoms with Gasteiger partial charge in [-0.2, -0.15) is 5.26 Å². The van der Waals surface area contributed by atoms with Gasteiger partial charge in [-0.05, 0) is 49.8 Å². The van der Waals surface area contributed by atoms with Gasteiger partial charge in [0.05, 0.1) is 11.5 Å². The van der Waals surface area contributed by atoms with Crippen LogP contribution in [0.4, 0.5) is 0 Å². The van der Waals surface area contributed by atoms with Gasteiger partial charge in [-0.3, -0.25) is 4.90 Å². The summed E-state index contributed by atoms with van der Waals surface area (Å²) in [5, 5.41) is 12.1. The fourth-order valence-corrected chi connectivity index (χ4v) is 4.98. The molecule has 1 aromatic heterocycles. The van der Waals surface area contributed by atoms with E-state index in [0.717, 1.165) is 52.1 Å². The van der Waals surface area contributed by atoms with Crippen LogP contribution in [0.1, 0.15) is 52.3 Å². The predicted molar refractivity (Wildman–Crippen MR) is 138 cm³/mol. The Morgan fingerprint density at radius 3 is 2.44 bits per heavy atom. The molecule has 0 radical (unpaired) electrons. The summed E-state index contributed by atoms with van der Waals surface area (Å²) in [7, 11) is 0. The Morgan fingerprint density at radius 1 is 1.28 bits per heavy atom. The standard InChI is InChI=1S/C24H36N4OS.C2H6/c1-5-9-23(26-6-2)29-18-17-28-15-13-27(14-16-28)12-8-11-24(20-25,21(3)4)22-10-7-19-30-22;1-2/h5-7,9-10,19,21H,1,8,11-18H2,2-4H3;1-2H3/b23-9+,26-6+;. The second kappa shape index (κ2) is 15.8. The molecule has 1 saturated heterocycles. The Hall–Kier alpha value is -1.94. The topological polar surface area (TPSA) is 51.9 Å². The summed E-state index contributed by atoms with van der Waals surface area (Å²) in [6.45, 7) is 20.8. The molecule has 1 aliphatic rings. The van der Waals surface area contributed by atoms with Crippen LogP contribution in [0.5, 0.6) is 0 Å². The molecule has 0 spiro atoms. The van der Waals surface area contributed by atoms with Gasteiger partial charge >= 0.3 is 0 Å². The molecule has 0 bridgehead atoms. The predicted octanol–water partition coefficient (Wildman–Crippen LogP) is 5.72. The fourth-order valence-electron chi connectivity index (χ4n) is 3.92. The van der Waals surface area contributed by atoms with Crippen molar-refractivity contribution in [3.8, 4) is 6.07 Å². The third kappa shape index (κ3) is 8.54. The van der Waals surface area contributed by atoms with Crippen molar-refractivity contribution in [2.24, 2.45) is 10.9 Å². The maximum atomic E-state index is 9.99. The van der Waals surface area contributed by atoms with Crippen LogP contribution in [0, 0.1) is 17.2 Å². The first-order chi connectivity index (χ1) is 15.6. The molecule has 32 heavy (non-hydrogen) atoms. The second-order valence-corrected chi connectivity index (χ2v) is 8.93. The lowest BCUT2D eigenvalue weighted by Gasteiger charge is -2.35. The maximum absolute atomic E-state index is 9.99. The van der Waals surface area contributed by atoms with E-state index in [1.165, 1.54) is 4.88 Å². The summed E-state index contributed by atoms with van der Waals surface area (Å²) in [4.78, 5) is 10.4. The molecular weight excluding hydrogens is 416 g/mol. The van der Waals surface area contributed by atoms with Crippen LogP contribution < -0.4 is 0 Å². The molecule has 0 N–H and O–H groups in total. The Labute approximate surface area is 200 Å².